The molecule has 0 aliphatic carbocycles. The second-order valence-electron chi connectivity index (χ2n) is 7.57. The van der Waals surface area contributed by atoms with E-state index in [1.165, 1.54) is 19.1 Å². The van der Waals surface area contributed by atoms with Gasteiger partial charge in [0.25, 0.3) is 5.91 Å². The lowest BCUT2D eigenvalue weighted by Gasteiger charge is -2.18. The van der Waals surface area contributed by atoms with Crippen LogP contribution >= 0.6 is 0 Å². The summed E-state index contributed by atoms with van der Waals surface area (Å²) >= 11 is 0. The first-order chi connectivity index (χ1) is 15.7. The number of hydrogen-bond donors (Lipinski definition) is 2. The van der Waals surface area contributed by atoms with E-state index in [1.807, 2.05) is 31.2 Å². The molecule has 8 nitrogen and oxygen atoms in total. The molecule has 180 valence electrons. The third kappa shape index (κ3) is 7.87. The lowest BCUT2D eigenvalue weighted by molar-refractivity contribution is -0.152. The summed E-state index contributed by atoms with van der Waals surface area (Å²) in [5.74, 6) is -0.293. The van der Waals surface area contributed by atoms with Crippen LogP contribution < -0.4 is 14.8 Å². The van der Waals surface area contributed by atoms with Crippen molar-refractivity contribution in [1.29, 1.82) is 0 Å². The summed E-state index contributed by atoms with van der Waals surface area (Å²) in [6.07, 6.45) is -0.313. The number of anilines is 1. The van der Waals surface area contributed by atoms with E-state index in [4.69, 9.17) is 9.47 Å². The normalized spacial score (nSPS) is 13.1. The summed E-state index contributed by atoms with van der Waals surface area (Å²) in [5.41, 5.74) is 1.69. The Morgan fingerprint density at radius 2 is 1.67 bits per heavy atom. The van der Waals surface area contributed by atoms with Gasteiger partial charge in [-0.25, -0.2) is 13.1 Å². The molecule has 0 saturated heterocycles. The first-order valence-electron chi connectivity index (χ1n) is 11.0. The third-order valence-electron chi connectivity index (χ3n) is 5.11. The molecule has 2 rings (SSSR count). The molecular weight excluding hydrogens is 444 g/mol. The summed E-state index contributed by atoms with van der Waals surface area (Å²) in [4.78, 5) is 24.7. The van der Waals surface area contributed by atoms with Gasteiger partial charge in [0, 0.05) is 12.2 Å². The highest BCUT2D eigenvalue weighted by molar-refractivity contribution is 7.89. The van der Waals surface area contributed by atoms with Crippen molar-refractivity contribution in [3.8, 4) is 5.75 Å². The van der Waals surface area contributed by atoms with Crippen molar-refractivity contribution in [2.45, 2.75) is 57.5 Å². The van der Waals surface area contributed by atoms with E-state index in [9.17, 15) is 18.0 Å². The van der Waals surface area contributed by atoms with Gasteiger partial charge in [-0.05, 0) is 62.1 Å². The topological polar surface area (TPSA) is 111 Å². The molecule has 0 fully saturated rings. The third-order valence-corrected chi connectivity index (χ3v) is 6.58. The zero-order valence-corrected chi connectivity index (χ0v) is 20.3. The molecule has 0 bridgehead atoms. The molecule has 0 saturated carbocycles. The van der Waals surface area contributed by atoms with Gasteiger partial charge < -0.3 is 14.8 Å². The number of benzene rings is 2. The average molecular weight is 477 g/mol. The van der Waals surface area contributed by atoms with Gasteiger partial charge in [-0.1, -0.05) is 32.0 Å². The molecular formula is C24H32N2O6S. The highest BCUT2D eigenvalue weighted by atomic mass is 32.2. The van der Waals surface area contributed by atoms with Gasteiger partial charge in [-0.2, -0.15) is 0 Å². The van der Waals surface area contributed by atoms with Crippen LogP contribution in [0, 0.1) is 0 Å². The van der Waals surface area contributed by atoms with Gasteiger partial charge in [0.1, 0.15) is 5.75 Å². The smallest absolute Gasteiger partial charge is 0.307 e. The van der Waals surface area contributed by atoms with Crippen molar-refractivity contribution in [3.05, 3.63) is 54.1 Å². The zero-order valence-electron chi connectivity index (χ0n) is 19.5. The SMILES string of the molecule is CCOc1ccc(S(=O)(=O)NCCC(=O)OC(C)C(=O)Nc2ccccc2C(C)CC)cc1. The van der Waals surface area contributed by atoms with Gasteiger partial charge in [0.05, 0.1) is 17.9 Å². The molecule has 0 aromatic heterocycles. The van der Waals surface area contributed by atoms with Crippen LogP contribution in [0.5, 0.6) is 5.75 Å². The second kappa shape index (κ2) is 12.4. The number of ether oxygens (including phenoxy) is 2. The Morgan fingerprint density at radius 3 is 2.30 bits per heavy atom. The minimum absolute atomic E-state index is 0.0621. The Hall–Kier alpha value is -2.91. The number of carbonyl (C=O) groups excluding carboxylic acids is 2. The van der Waals surface area contributed by atoms with E-state index in [0.29, 0.717) is 18.0 Å². The first kappa shape index (κ1) is 26.3. The summed E-state index contributed by atoms with van der Waals surface area (Å²) in [7, 11) is -3.78. The van der Waals surface area contributed by atoms with Crippen molar-refractivity contribution in [2.75, 3.05) is 18.5 Å². The Balaban J connectivity index is 1.85. The van der Waals surface area contributed by atoms with Crippen LogP contribution in [-0.2, 0) is 24.3 Å². The fourth-order valence-corrected chi connectivity index (χ4v) is 4.09. The minimum atomic E-state index is -3.78. The number of nitrogens with one attached hydrogen (secondary N) is 2. The summed E-state index contributed by atoms with van der Waals surface area (Å²) in [6, 6.07) is 13.5. The largest absolute Gasteiger partial charge is 0.494 e. The quantitative estimate of drug-likeness (QED) is 0.450. The van der Waals surface area contributed by atoms with E-state index in [2.05, 4.69) is 23.9 Å². The molecule has 2 atom stereocenters. The molecule has 0 spiro atoms. The predicted octanol–water partition coefficient (Wildman–Crippen LogP) is 3.84. The van der Waals surface area contributed by atoms with Gasteiger partial charge in [-0.15, -0.1) is 0 Å². The van der Waals surface area contributed by atoms with Crippen LogP contribution in [0.3, 0.4) is 0 Å². The average Bonchev–Trinajstić information content (AvgIpc) is 2.79. The Bertz CT molecular complexity index is 1040. The van der Waals surface area contributed by atoms with Crippen LogP contribution in [0.1, 0.15) is 52.0 Å². The van der Waals surface area contributed by atoms with Gasteiger partial charge in [0.15, 0.2) is 6.10 Å². The highest BCUT2D eigenvalue weighted by Gasteiger charge is 2.20. The van der Waals surface area contributed by atoms with Crippen LogP contribution in [0.4, 0.5) is 5.69 Å². The fourth-order valence-electron chi connectivity index (χ4n) is 3.06. The predicted molar refractivity (Wildman–Crippen MR) is 127 cm³/mol. The molecule has 0 radical (unpaired) electrons. The lowest BCUT2D eigenvalue weighted by atomic mass is 9.97. The zero-order chi connectivity index (χ0) is 24.4. The molecule has 2 N–H and O–H groups in total. The number of sulfonamides is 1. The van der Waals surface area contributed by atoms with Gasteiger partial charge >= 0.3 is 5.97 Å². The Morgan fingerprint density at radius 1 is 1.00 bits per heavy atom. The van der Waals surface area contributed by atoms with Gasteiger partial charge in [-0.3, -0.25) is 9.59 Å². The van der Waals surface area contributed by atoms with E-state index >= 15 is 0 Å². The van der Waals surface area contributed by atoms with E-state index in [-0.39, 0.29) is 23.8 Å². The summed E-state index contributed by atoms with van der Waals surface area (Å²) in [5, 5.41) is 2.81. The van der Waals surface area contributed by atoms with Crippen LogP contribution in [0.25, 0.3) is 0 Å². The van der Waals surface area contributed by atoms with E-state index in [0.717, 1.165) is 12.0 Å². The Labute approximate surface area is 195 Å². The number of esters is 1. The number of rotatable bonds is 12. The molecule has 0 aliphatic heterocycles. The first-order valence-corrected chi connectivity index (χ1v) is 12.5. The van der Waals surface area contributed by atoms with Crippen LogP contribution in [0.15, 0.2) is 53.4 Å². The summed E-state index contributed by atoms with van der Waals surface area (Å²) in [6.45, 7) is 7.78. The minimum Gasteiger partial charge on any atom is -0.494 e. The lowest BCUT2D eigenvalue weighted by Crippen LogP contribution is -2.32. The molecule has 2 aromatic rings. The maximum Gasteiger partial charge on any atom is 0.307 e. The van der Waals surface area contributed by atoms with Crippen LogP contribution in [-0.4, -0.2) is 39.5 Å². The molecule has 2 aromatic carbocycles. The van der Waals surface area contributed by atoms with Crippen LogP contribution in [0.2, 0.25) is 0 Å². The monoisotopic (exact) mass is 476 g/mol. The second-order valence-corrected chi connectivity index (χ2v) is 9.34. The molecule has 9 heteroatoms. The maximum atomic E-state index is 12.5. The van der Waals surface area contributed by atoms with Crippen molar-refractivity contribution >= 4 is 27.6 Å². The molecule has 33 heavy (non-hydrogen) atoms. The number of para-hydroxylation sites is 1. The number of amides is 1. The highest BCUT2D eigenvalue weighted by Crippen LogP contribution is 2.26. The number of hydrogen-bond acceptors (Lipinski definition) is 6. The Kier molecular flexibility index (Phi) is 9.87. The molecule has 0 aliphatic rings. The van der Waals surface area contributed by atoms with Gasteiger partial charge in [0.2, 0.25) is 10.0 Å². The summed E-state index contributed by atoms with van der Waals surface area (Å²) < 4.78 is 37.5. The van der Waals surface area contributed by atoms with Crippen molar-refractivity contribution < 1.29 is 27.5 Å². The standard InChI is InChI=1S/C24H32N2O6S/c1-5-17(3)21-9-7-8-10-22(21)26-24(28)18(4)32-23(27)15-16-25-33(29,30)20-13-11-19(12-14-20)31-6-2/h7-14,17-18,25H,5-6,15-16H2,1-4H3,(H,26,28). The maximum absolute atomic E-state index is 12.5. The van der Waals surface area contributed by atoms with Crippen molar-refractivity contribution in [2.24, 2.45) is 0 Å². The molecule has 1 amide bonds. The molecule has 0 heterocycles. The number of carbonyl (C=O) groups is 2. The molecule has 2 unspecified atom stereocenters. The fraction of sp³-hybridized carbons (Fsp3) is 0.417. The van der Waals surface area contributed by atoms with E-state index < -0.39 is 28.0 Å². The van der Waals surface area contributed by atoms with E-state index in [1.54, 1.807) is 12.1 Å². The van der Waals surface area contributed by atoms with Crippen molar-refractivity contribution in [1.82, 2.24) is 4.72 Å². The van der Waals surface area contributed by atoms with Crippen molar-refractivity contribution in [3.63, 3.8) is 0 Å².